The lowest BCUT2D eigenvalue weighted by atomic mass is 10.1. The Morgan fingerprint density at radius 3 is 2.24 bits per heavy atom. The van der Waals surface area contributed by atoms with Crippen LogP contribution in [0.4, 0.5) is 4.79 Å². The van der Waals surface area contributed by atoms with E-state index < -0.39 is 5.60 Å². The van der Waals surface area contributed by atoms with Gasteiger partial charge in [0.15, 0.2) is 0 Å². The molecule has 1 N–H and O–H groups in total. The van der Waals surface area contributed by atoms with Crippen LogP contribution >= 0.6 is 0 Å². The largest absolute Gasteiger partial charge is 0.444 e. The van der Waals surface area contributed by atoms with Crippen molar-refractivity contribution in [2.75, 3.05) is 33.3 Å². The minimum Gasteiger partial charge on any atom is -0.444 e. The summed E-state index contributed by atoms with van der Waals surface area (Å²) in [6.45, 7) is 15.0. The first-order valence-corrected chi connectivity index (χ1v) is 7.85. The number of hydrogen-bond acceptors (Lipinski definition) is 4. The molecule has 0 spiro atoms. The lowest BCUT2D eigenvalue weighted by Gasteiger charge is -2.26. The molecular formula is C16H34N2O3. The van der Waals surface area contributed by atoms with Crippen molar-refractivity contribution < 1.29 is 14.3 Å². The van der Waals surface area contributed by atoms with Gasteiger partial charge in [0.1, 0.15) is 5.60 Å². The maximum absolute atomic E-state index is 11.9. The fraction of sp³-hybridized carbons (Fsp3) is 0.938. The molecule has 0 fully saturated rings. The van der Waals surface area contributed by atoms with Crippen LogP contribution in [-0.4, -0.2) is 55.5 Å². The van der Waals surface area contributed by atoms with Crippen LogP contribution in [0.25, 0.3) is 0 Å². The Morgan fingerprint density at radius 2 is 1.76 bits per heavy atom. The number of nitrogens with zero attached hydrogens (tertiary/aromatic N) is 1. The maximum Gasteiger partial charge on any atom is 0.410 e. The van der Waals surface area contributed by atoms with Crippen LogP contribution in [0.1, 0.15) is 54.4 Å². The van der Waals surface area contributed by atoms with E-state index in [9.17, 15) is 4.79 Å². The lowest BCUT2D eigenvalue weighted by molar-refractivity contribution is 0.0158. The second-order valence-electron chi connectivity index (χ2n) is 6.88. The Balaban J connectivity index is 3.85. The number of nitrogens with one attached hydrogen (secondary N) is 1. The molecule has 0 atom stereocenters. The van der Waals surface area contributed by atoms with Crippen molar-refractivity contribution in [3.05, 3.63) is 0 Å². The predicted molar refractivity (Wildman–Crippen MR) is 86.7 cm³/mol. The van der Waals surface area contributed by atoms with Crippen molar-refractivity contribution in [3.8, 4) is 0 Å². The van der Waals surface area contributed by atoms with Crippen molar-refractivity contribution in [1.29, 1.82) is 0 Å². The monoisotopic (exact) mass is 302 g/mol. The summed E-state index contributed by atoms with van der Waals surface area (Å²) >= 11 is 0. The van der Waals surface area contributed by atoms with E-state index in [-0.39, 0.29) is 11.7 Å². The minimum atomic E-state index is -0.436. The molecule has 126 valence electrons. The van der Waals surface area contributed by atoms with Gasteiger partial charge in [0.25, 0.3) is 0 Å². The summed E-state index contributed by atoms with van der Waals surface area (Å²) < 4.78 is 10.7. The van der Waals surface area contributed by atoms with Gasteiger partial charge in [0.2, 0.25) is 0 Å². The molecule has 5 nitrogen and oxygen atoms in total. The number of methoxy groups -OCH3 is 1. The highest BCUT2D eigenvalue weighted by Gasteiger charge is 2.20. The molecule has 0 saturated carbocycles. The molecule has 0 aromatic carbocycles. The van der Waals surface area contributed by atoms with Gasteiger partial charge >= 0.3 is 6.09 Å². The lowest BCUT2D eigenvalue weighted by Crippen LogP contribution is -2.38. The van der Waals surface area contributed by atoms with Gasteiger partial charge in [0, 0.05) is 20.2 Å². The summed E-state index contributed by atoms with van der Waals surface area (Å²) in [4.78, 5) is 13.7. The molecule has 5 heteroatoms. The molecule has 0 heterocycles. The predicted octanol–water partition coefficient (Wildman–Crippen LogP) is 3.04. The smallest absolute Gasteiger partial charge is 0.410 e. The highest BCUT2D eigenvalue weighted by molar-refractivity contribution is 5.68. The van der Waals surface area contributed by atoms with Gasteiger partial charge in [-0.15, -0.1) is 0 Å². The topological polar surface area (TPSA) is 50.8 Å². The zero-order valence-corrected chi connectivity index (χ0v) is 14.9. The third-order valence-corrected chi connectivity index (χ3v) is 3.27. The summed E-state index contributed by atoms with van der Waals surface area (Å²) in [5, 5.41) is 3.38. The summed E-state index contributed by atoms with van der Waals surface area (Å²) in [6.07, 6.45) is 1.65. The Kier molecular flexibility index (Phi) is 8.90. The van der Waals surface area contributed by atoms with E-state index in [1.54, 1.807) is 12.0 Å². The fourth-order valence-electron chi connectivity index (χ4n) is 1.72. The Morgan fingerprint density at radius 1 is 1.14 bits per heavy atom. The van der Waals surface area contributed by atoms with Gasteiger partial charge in [-0.05, 0) is 67.5 Å². The van der Waals surface area contributed by atoms with Gasteiger partial charge in [-0.3, -0.25) is 0 Å². The summed E-state index contributed by atoms with van der Waals surface area (Å²) in [5.41, 5.74) is -0.520. The first-order chi connectivity index (χ1) is 9.61. The Bertz CT molecular complexity index is 298. The molecule has 0 aliphatic carbocycles. The van der Waals surface area contributed by atoms with Crippen LogP contribution in [0, 0.1) is 0 Å². The second-order valence-corrected chi connectivity index (χ2v) is 6.88. The maximum atomic E-state index is 11.9. The molecule has 0 aromatic rings. The van der Waals surface area contributed by atoms with Gasteiger partial charge in [-0.2, -0.15) is 0 Å². The minimum absolute atomic E-state index is 0.0844. The average Bonchev–Trinajstić information content (AvgIpc) is 2.35. The van der Waals surface area contributed by atoms with Crippen LogP contribution in [0.3, 0.4) is 0 Å². The molecule has 1 amide bonds. The Hall–Kier alpha value is -0.810. The molecule has 0 aromatic heterocycles. The molecular weight excluding hydrogens is 268 g/mol. The average molecular weight is 302 g/mol. The van der Waals surface area contributed by atoms with E-state index >= 15 is 0 Å². The van der Waals surface area contributed by atoms with Crippen molar-refractivity contribution in [2.24, 2.45) is 0 Å². The number of rotatable bonds is 9. The van der Waals surface area contributed by atoms with E-state index in [1.807, 2.05) is 27.7 Å². The summed E-state index contributed by atoms with van der Waals surface area (Å²) in [6, 6.07) is 0. The number of carbonyl (C=O) groups excluding carboxylic acids is 1. The van der Waals surface area contributed by atoms with E-state index in [4.69, 9.17) is 9.47 Å². The zero-order valence-electron chi connectivity index (χ0n) is 14.9. The first-order valence-electron chi connectivity index (χ1n) is 7.85. The summed E-state index contributed by atoms with van der Waals surface area (Å²) in [7, 11) is 1.74. The van der Waals surface area contributed by atoms with Crippen LogP contribution in [0.15, 0.2) is 0 Å². The van der Waals surface area contributed by atoms with Crippen molar-refractivity contribution in [1.82, 2.24) is 10.2 Å². The quantitative estimate of drug-likeness (QED) is 0.665. The van der Waals surface area contributed by atoms with E-state index in [0.717, 1.165) is 25.9 Å². The molecule has 0 aliphatic heterocycles. The van der Waals surface area contributed by atoms with E-state index in [2.05, 4.69) is 19.2 Å². The number of carbonyl (C=O) groups is 1. The highest BCUT2D eigenvalue weighted by atomic mass is 16.6. The molecule has 0 saturated heterocycles. The normalized spacial score (nSPS) is 12.3. The van der Waals surface area contributed by atoms with E-state index in [0.29, 0.717) is 13.1 Å². The fourth-order valence-corrected chi connectivity index (χ4v) is 1.72. The molecule has 21 heavy (non-hydrogen) atoms. The molecule has 0 unspecified atom stereocenters. The number of amides is 1. The van der Waals surface area contributed by atoms with Crippen molar-refractivity contribution >= 4 is 6.09 Å². The molecule has 0 radical (unpaired) electrons. The van der Waals surface area contributed by atoms with E-state index in [1.165, 1.54) is 0 Å². The van der Waals surface area contributed by atoms with Crippen molar-refractivity contribution in [3.63, 3.8) is 0 Å². The SMILES string of the molecule is CCN(CCCNCCC(C)(C)OC)C(=O)OC(C)(C)C. The van der Waals surface area contributed by atoms with Crippen LogP contribution in [0.5, 0.6) is 0 Å². The number of ether oxygens (including phenoxy) is 2. The summed E-state index contributed by atoms with van der Waals surface area (Å²) in [5.74, 6) is 0. The Labute approximate surface area is 130 Å². The standard InChI is InChI=1S/C16H34N2O3/c1-8-18(14(19)21-15(2,3)4)13-9-11-17-12-10-16(5,6)20-7/h17H,8-13H2,1-7H3. The van der Waals surface area contributed by atoms with Gasteiger partial charge in [-0.25, -0.2) is 4.79 Å². The van der Waals surface area contributed by atoms with Gasteiger partial charge in [-0.1, -0.05) is 0 Å². The second kappa shape index (κ2) is 9.26. The number of hydrogen-bond donors (Lipinski definition) is 1. The van der Waals surface area contributed by atoms with Crippen LogP contribution in [0.2, 0.25) is 0 Å². The van der Waals surface area contributed by atoms with Crippen molar-refractivity contribution in [2.45, 2.75) is 65.6 Å². The molecule has 0 bridgehead atoms. The first kappa shape index (κ1) is 20.2. The molecule has 0 rings (SSSR count). The third-order valence-electron chi connectivity index (χ3n) is 3.27. The molecule has 0 aliphatic rings. The third kappa shape index (κ3) is 10.5. The van der Waals surface area contributed by atoms with Crippen LogP contribution < -0.4 is 5.32 Å². The van der Waals surface area contributed by atoms with Gasteiger partial charge in [0.05, 0.1) is 5.60 Å². The zero-order chi connectivity index (χ0) is 16.5. The van der Waals surface area contributed by atoms with Crippen LogP contribution in [-0.2, 0) is 9.47 Å². The highest BCUT2D eigenvalue weighted by Crippen LogP contribution is 2.11. The van der Waals surface area contributed by atoms with Gasteiger partial charge < -0.3 is 19.7 Å².